The molecule has 1 rings (SSSR count). The topological polar surface area (TPSA) is 93.8 Å². The third-order valence-electron chi connectivity index (χ3n) is 2.23. The maximum Gasteiger partial charge on any atom is 0.407 e. The number of aliphatic imine (C=N–C) groups is 1. The van der Waals surface area contributed by atoms with Gasteiger partial charge in [-0.25, -0.2) is 4.79 Å². The molecular weight excluding hydrogens is 274 g/mol. The molecule has 0 atom stereocenters. The van der Waals surface area contributed by atoms with Crippen molar-refractivity contribution in [1.29, 1.82) is 0 Å². The molecule has 0 saturated carbocycles. The number of carbonyl (C=O) groups excluding carboxylic acids is 1. The highest BCUT2D eigenvalue weighted by molar-refractivity contribution is 5.80. The number of nitrogens with one attached hydrogen (secondary N) is 1. The normalized spacial score (nSPS) is 11.4. The van der Waals surface area contributed by atoms with E-state index in [2.05, 4.69) is 10.3 Å². The number of hydrogen-bond donors (Lipinski definition) is 1. The highest BCUT2D eigenvalue weighted by atomic mass is 16.6. The first-order valence-electron chi connectivity index (χ1n) is 6.49. The third kappa shape index (κ3) is 7.05. The predicted molar refractivity (Wildman–Crippen MR) is 79.8 cm³/mol. The van der Waals surface area contributed by atoms with Crippen molar-refractivity contribution in [2.75, 3.05) is 13.1 Å². The molecule has 21 heavy (non-hydrogen) atoms. The largest absolute Gasteiger partial charge is 0.444 e. The van der Waals surface area contributed by atoms with E-state index in [0.717, 1.165) is 0 Å². The smallest absolute Gasteiger partial charge is 0.407 e. The van der Waals surface area contributed by atoms with E-state index in [9.17, 15) is 14.9 Å². The lowest BCUT2D eigenvalue weighted by atomic mass is 10.2. The summed E-state index contributed by atoms with van der Waals surface area (Å²) in [4.78, 5) is 25.6. The van der Waals surface area contributed by atoms with Crippen molar-refractivity contribution >= 4 is 18.0 Å². The second-order valence-corrected chi connectivity index (χ2v) is 5.32. The standard InChI is InChI=1S/C14H19N3O4/c1-14(2,3)21-13(18)16-8-7-15-10-11-5-4-6-12(9-11)17(19)20/h4-6,9-10H,7-8H2,1-3H3,(H,16,18). The summed E-state index contributed by atoms with van der Waals surface area (Å²) in [6.45, 7) is 6.05. The van der Waals surface area contributed by atoms with Crippen molar-refractivity contribution in [1.82, 2.24) is 5.32 Å². The molecule has 114 valence electrons. The molecule has 1 amide bonds. The quantitative estimate of drug-likeness (QED) is 0.390. The Morgan fingerprint density at radius 2 is 2.19 bits per heavy atom. The molecule has 0 aromatic heterocycles. The number of alkyl carbamates (subject to hydrolysis) is 1. The first-order chi connectivity index (χ1) is 9.78. The van der Waals surface area contributed by atoms with E-state index in [1.165, 1.54) is 18.3 Å². The number of non-ortho nitro benzene ring substituents is 1. The van der Waals surface area contributed by atoms with Crippen LogP contribution in [0.15, 0.2) is 29.3 Å². The lowest BCUT2D eigenvalue weighted by Gasteiger charge is -2.19. The fraction of sp³-hybridized carbons (Fsp3) is 0.429. The third-order valence-corrected chi connectivity index (χ3v) is 2.23. The SMILES string of the molecule is CC(C)(C)OC(=O)NCCN=Cc1cccc([N+](=O)[O-])c1. The molecule has 0 aliphatic rings. The van der Waals surface area contributed by atoms with Crippen LogP contribution in [0.4, 0.5) is 10.5 Å². The fourth-order valence-corrected chi connectivity index (χ4v) is 1.43. The lowest BCUT2D eigenvalue weighted by Crippen LogP contribution is -2.33. The number of nitro groups is 1. The highest BCUT2D eigenvalue weighted by Gasteiger charge is 2.15. The Bertz CT molecular complexity index is 535. The number of carbonyl (C=O) groups is 1. The van der Waals surface area contributed by atoms with Crippen molar-refractivity contribution in [3.05, 3.63) is 39.9 Å². The van der Waals surface area contributed by atoms with Crippen LogP contribution < -0.4 is 5.32 Å². The molecule has 0 saturated heterocycles. The average molecular weight is 293 g/mol. The molecule has 1 N–H and O–H groups in total. The van der Waals surface area contributed by atoms with Crippen LogP contribution in [0.3, 0.4) is 0 Å². The summed E-state index contributed by atoms with van der Waals surface area (Å²) in [5.74, 6) is 0. The number of benzene rings is 1. The molecule has 1 aromatic rings. The first-order valence-corrected chi connectivity index (χ1v) is 6.49. The van der Waals surface area contributed by atoms with Gasteiger partial charge >= 0.3 is 6.09 Å². The molecule has 0 fully saturated rings. The molecule has 7 nitrogen and oxygen atoms in total. The van der Waals surface area contributed by atoms with Crippen LogP contribution in [0.2, 0.25) is 0 Å². The van der Waals surface area contributed by atoms with E-state index in [4.69, 9.17) is 4.74 Å². The first kappa shape index (κ1) is 16.6. The minimum atomic E-state index is -0.531. The van der Waals surface area contributed by atoms with Crippen LogP contribution in [0.25, 0.3) is 0 Å². The molecule has 0 radical (unpaired) electrons. The Hall–Kier alpha value is -2.44. The minimum absolute atomic E-state index is 0.0193. The minimum Gasteiger partial charge on any atom is -0.444 e. The molecule has 0 aliphatic carbocycles. The van der Waals surface area contributed by atoms with Gasteiger partial charge in [-0.15, -0.1) is 0 Å². The zero-order valence-electron chi connectivity index (χ0n) is 12.3. The second-order valence-electron chi connectivity index (χ2n) is 5.32. The van der Waals surface area contributed by atoms with E-state index in [1.54, 1.807) is 32.9 Å². The summed E-state index contributed by atoms with van der Waals surface area (Å²) in [5, 5.41) is 13.2. The summed E-state index contributed by atoms with van der Waals surface area (Å²) >= 11 is 0. The maximum absolute atomic E-state index is 11.4. The molecular formula is C14H19N3O4. The van der Waals surface area contributed by atoms with Gasteiger partial charge in [0.15, 0.2) is 0 Å². The fourth-order valence-electron chi connectivity index (χ4n) is 1.43. The van der Waals surface area contributed by atoms with Gasteiger partial charge in [0.2, 0.25) is 0 Å². The van der Waals surface area contributed by atoms with Gasteiger partial charge in [-0.2, -0.15) is 0 Å². The summed E-state index contributed by atoms with van der Waals surface area (Å²) in [6.07, 6.45) is 1.04. The van der Waals surface area contributed by atoms with Crippen molar-refractivity contribution in [2.45, 2.75) is 26.4 Å². The molecule has 1 aromatic carbocycles. The van der Waals surface area contributed by atoms with Crippen LogP contribution in [-0.2, 0) is 4.74 Å². The van der Waals surface area contributed by atoms with Crippen LogP contribution in [0.5, 0.6) is 0 Å². The molecule has 7 heteroatoms. The zero-order valence-corrected chi connectivity index (χ0v) is 12.3. The monoisotopic (exact) mass is 293 g/mol. The zero-order chi connectivity index (χ0) is 15.9. The maximum atomic E-state index is 11.4. The summed E-state index contributed by atoms with van der Waals surface area (Å²) < 4.78 is 5.07. The molecule has 0 aliphatic heterocycles. The van der Waals surface area contributed by atoms with Gasteiger partial charge < -0.3 is 10.1 Å². The van der Waals surface area contributed by atoms with Crippen molar-refractivity contribution in [3.63, 3.8) is 0 Å². The van der Waals surface area contributed by atoms with Gasteiger partial charge in [-0.05, 0) is 26.3 Å². The number of amides is 1. The Labute approximate surface area is 123 Å². The Kier molecular flexibility index (Phi) is 5.83. The highest BCUT2D eigenvalue weighted by Crippen LogP contribution is 2.11. The number of hydrogen-bond acceptors (Lipinski definition) is 5. The van der Waals surface area contributed by atoms with E-state index in [1.807, 2.05) is 0 Å². The molecule has 0 spiro atoms. The molecule has 0 bridgehead atoms. The van der Waals surface area contributed by atoms with Gasteiger partial charge in [0.05, 0.1) is 11.5 Å². The van der Waals surface area contributed by atoms with Crippen molar-refractivity contribution < 1.29 is 14.5 Å². The Balaban J connectivity index is 2.37. The number of ether oxygens (including phenoxy) is 1. The summed E-state index contributed by atoms with van der Waals surface area (Å²) in [6, 6.07) is 6.17. The van der Waals surface area contributed by atoms with Gasteiger partial charge in [0.25, 0.3) is 5.69 Å². The number of nitro benzene ring substituents is 1. The predicted octanol–water partition coefficient (Wildman–Crippen LogP) is 2.54. The van der Waals surface area contributed by atoms with Gasteiger partial charge in [-0.3, -0.25) is 15.1 Å². The molecule has 0 heterocycles. The summed E-state index contributed by atoms with van der Waals surface area (Å²) in [5.41, 5.74) is 0.128. The van der Waals surface area contributed by atoms with Crippen molar-refractivity contribution in [3.8, 4) is 0 Å². The van der Waals surface area contributed by atoms with Crippen LogP contribution in [-0.4, -0.2) is 35.9 Å². The van der Waals surface area contributed by atoms with E-state index in [-0.39, 0.29) is 5.69 Å². The van der Waals surface area contributed by atoms with Crippen molar-refractivity contribution in [2.24, 2.45) is 4.99 Å². The van der Waals surface area contributed by atoms with Crippen LogP contribution >= 0.6 is 0 Å². The van der Waals surface area contributed by atoms with E-state index >= 15 is 0 Å². The van der Waals surface area contributed by atoms with Gasteiger partial charge in [0.1, 0.15) is 5.60 Å². The average Bonchev–Trinajstić information content (AvgIpc) is 2.36. The molecule has 0 unspecified atom stereocenters. The second kappa shape index (κ2) is 7.37. The van der Waals surface area contributed by atoms with Gasteiger partial charge in [0, 0.05) is 24.9 Å². The van der Waals surface area contributed by atoms with E-state index < -0.39 is 16.6 Å². The Morgan fingerprint density at radius 3 is 2.81 bits per heavy atom. The van der Waals surface area contributed by atoms with Crippen LogP contribution in [0, 0.1) is 10.1 Å². The van der Waals surface area contributed by atoms with E-state index in [0.29, 0.717) is 18.7 Å². The van der Waals surface area contributed by atoms with Gasteiger partial charge in [-0.1, -0.05) is 12.1 Å². The Morgan fingerprint density at radius 1 is 1.48 bits per heavy atom. The van der Waals surface area contributed by atoms with Crippen LogP contribution in [0.1, 0.15) is 26.3 Å². The number of nitrogens with zero attached hydrogens (tertiary/aromatic N) is 2. The summed E-state index contributed by atoms with van der Waals surface area (Å²) in [7, 11) is 0. The lowest BCUT2D eigenvalue weighted by molar-refractivity contribution is -0.384. The number of rotatable bonds is 5.